The summed E-state index contributed by atoms with van der Waals surface area (Å²) >= 11 is 0. The number of hydrogen-bond donors (Lipinski definition) is 4. The van der Waals surface area contributed by atoms with E-state index in [1.165, 1.54) is 50.7 Å². The Morgan fingerprint density at radius 3 is 1.59 bits per heavy atom. The number of carbonyl (C=O) groups is 2. The third-order valence-electron chi connectivity index (χ3n) is 7.08. The molecule has 0 aliphatic carbocycles. The van der Waals surface area contributed by atoms with Crippen molar-refractivity contribution in [3.63, 3.8) is 0 Å². The van der Waals surface area contributed by atoms with Crippen LogP contribution in [0.4, 0.5) is 0 Å². The molecule has 2 rings (SSSR count). The zero-order valence-electron chi connectivity index (χ0n) is 23.6. The van der Waals surface area contributed by atoms with Crippen molar-refractivity contribution >= 4 is 11.9 Å². The highest BCUT2D eigenvalue weighted by Gasteiger charge is 2.23. The molecule has 2 aromatic rings. The highest BCUT2D eigenvalue weighted by Crippen LogP contribution is 2.33. The van der Waals surface area contributed by atoms with Crippen molar-refractivity contribution in [1.29, 1.82) is 0 Å². The van der Waals surface area contributed by atoms with E-state index in [9.17, 15) is 30.0 Å². The molecule has 0 aromatic heterocycles. The third kappa shape index (κ3) is 10.8. The van der Waals surface area contributed by atoms with E-state index in [1.807, 2.05) is 0 Å². The van der Waals surface area contributed by atoms with Crippen LogP contribution in [0.25, 0.3) is 0 Å². The number of esters is 1. The van der Waals surface area contributed by atoms with Gasteiger partial charge in [0.15, 0.2) is 0 Å². The number of aromatic hydroxyl groups is 3. The Morgan fingerprint density at radius 1 is 0.615 bits per heavy atom. The molecule has 39 heavy (non-hydrogen) atoms. The average molecular weight is 543 g/mol. The number of rotatable bonds is 19. The first-order valence-corrected chi connectivity index (χ1v) is 14.6. The standard InChI is InChI=1S/C32H46O7/c1-3-5-7-9-11-13-15-17-23-19-25(33)21-27(34)30(23)32(38)39-26-20-24(29(31(36)37)28(35)22-26)18-16-14-12-10-8-6-4-2/h19-22,33-35H,3-18H2,1-2H3,(H,36,37). The van der Waals surface area contributed by atoms with Crippen LogP contribution in [0.3, 0.4) is 0 Å². The van der Waals surface area contributed by atoms with Crippen molar-refractivity contribution in [1.82, 2.24) is 0 Å². The minimum Gasteiger partial charge on any atom is -0.508 e. The van der Waals surface area contributed by atoms with E-state index in [0.29, 0.717) is 24.0 Å². The molecule has 0 amide bonds. The van der Waals surface area contributed by atoms with Crippen molar-refractivity contribution in [3.05, 3.63) is 46.5 Å². The molecule has 7 heteroatoms. The molecule has 0 fully saturated rings. The van der Waals surface area contributed by atoms with Gasteiger partial charge in [-0.2, -0.15) is 0 Å². The van der Waals surface area contributed by atoms with Gasteiger partial charge in [-0.15, -0.1) is 0 Å². The van der Waals surface area contributed by atoms with E-state index < -0.39 is 17.7 Å². The number of aryl methyl sites for hydroxylation is 2. The summed E-state index contributed by atoms with van der Waals surface area (Å²) in [6.07, 6.45) is 16.0. The lowest BCUT2D eigenvalue weighted by Gasteiger charge is -2.14. The molecule has 0 radical (unpaired) electrons. The van der Waals surface area contributed by atoms with E-state index >= 15 is 0 Å². The van der Waals surface area contributed by atoms with Crippen molar-refractivity contribution in [2.24, 2.45) is 0 Å². The molecule has 0 aliphatic heterocycles. The van der Waals surface area contributed by atoms with Crippen molar-refractivity contribution in [2.75, 3.05) is 0 Å². The number of phenols is 3. The van der Waals surface area contributed by atoms with Gasteiger partial charge in [0.1, 0.15) is 34.1 Å². The lowest BCUT2D eigenvalue weighted by atomic mass is 9.98. The van der Waals surface area contributed by atoms with Gasteiger partial charge < -0.3 is 25.2 Å². The smallest absolute Gasteiger partial charge is 0.347 e. The first-order chi connectivity index (χ1) is 18.8. The van der Waals surface area contributed by atoms with Crippen LogP contribution in [0.5, 0.6) is 23.0 Å². The zero-order chi connectivity index (χ0) is 28.6. The molecule has 0 unspecified atom stereocenters. The van der Waals surface area contributed by atoms with E-state index in [1.54, 1.807) is 0 Å². The van der Waals surface area contributed by atoms with E-state index in [4.69, 9.17) is 4.74 Å². The second-order valence-corrected chi connectivity index (χ2v) is 10.4. The Morgan fingerprint density at radius 2 is 1.08 bits per heavy atom. The SMILES string of the molecule is CCCCCCCCCc1cc(OC(=O)c2c(O)cc(O)cc2CCCCCCCCC)cc(O)c1C(=O)O. The summed E-state index contributed by atoms with van der Waals surface area (Å²) in [5, 5.41) is 40.6. The molecule has 216 valence electrons. The van der Waals surface area contributed by atoms with Gasteiger partial charge in [0, 0.05) is 12.1 Å². The summed E-state index contributed by atoms with van der Waals surface area (Å²) in [4.78, 5) is 24.9. The fourth-order valence-corrected chi connectivity index (χ4v) is 4.97. The Labute approximate surface area is 232 Å². The first kappa shape index (κ1) is 32.0. The Balaban J connectivity index is 2.12. The Kier molecular flexibility index (Phi) is 14.3. The fraction of sp³-hybridized carbons (Fsp3) is 0.562. The largest absolute Gasteiger partial charge is 0.508 e. The van der Waals surface area contributed by atoms with E-state index in [0.717, 1.165) is 63.5 Å². The summed E-state index contributed by atoms with van der Waals surface area (Å²) in [5.74, 6) is -3.04. The highest BCUT2D eigenvalue weighted by atomic mass is 16.5. The number of carboxylic acids is 1. The maximum Gasteiger partial charge on any atom is 0.347 e. The van der Waals surface area contributed by atoms with Gasteiger partial charge in [-0.05, 0) is 48.9 Å². The second-order valence-electron chi connectivity index (χ2n) is 10.4. The number of ether oxygens (including phenoxy) is 1. The van der Waals surface area contributed by atoms with E-state index in [-0.39, 0.29) is 28.4 Å². The lowest BCUT2D eigenvalue weighted by Crippen LogP contribution is -2.13. The van der Waals surface area contributed by atoms with Crippen molar-refractivity contribution < 1.29 is 34.8 Å². The lowest BCUT2D eigenvalue weighted by molar-refractivity contribution is 0.0692. The molecule has 0 saturated carbocycles. The van der Waals surface area contributed by atoms with Crippen molar-refractivity contribution in [2.45, 2.75) is 117 Å². The van der Waals surface area contributed by atoms with Gasteiger partial charge >= 0.3 is 11.9 Å². The van der Waals surface area contributed by atoms with Crippen LogP contribution in [0.15, 0.2) is 24.3 Å². The summed E-state index contributed by atoms with van der Waals surface area (Å²) < 4.78 is 5.53. The average Bonchev–Trinajstić information content (AvgIpc) is 2.86. The minimum absolute atomic E-state index is 0.00907. The van der Waals surface area contributed by atoms with Gasteiger partial charge in [-0.3, -0.25) is 0 Å². The predicted molar refractivity (Wildman–Crippen MR) is 153 cm³/mol. The molecule has 4 N–H and O–H groups in total. The molecule has 7 nitrogen and oxygen atoms in total. The molecule has 0 heterocycles. The van der Waals surface area contributed by atoms with Crippen LogP contribution in [0.1, 0.15) is 136 Å². The monoisotopic (exact) mass is 542 g/mol. The zero-order valence-corrected chi connectivity index (χ0v) is 23.6. The van der Waals surface area contributed by atoms with Crippen LogP contribution >= 0.6 is 0 Å². The number of hydrogen-bond acceptors (Lipinski definition) is 6. The number of phenolic OH excluding ortho intramolecular Hbond substituents is 2. The quantitative estimate of drug-likeness (QED) is 0.0799. The maximum atomic E-state index is 13.1. The molecule has 2 aromatic carbocycles. The minimum atomic E-state index is -1.24. The molecular formula is C32H46O7. The summed E-state index contributed by atoms with van der Waals surface area (Å²) in [5.41, 5.74) is 0.667. The molecule has 0 atom stereocenters. The number of benzene rings is 2. The summed E-state index contributed by atoms with van der Waals surface area (Å²) in [6, 6.07) is 5.15. The topological polar surface area (TPSA) is 124 Å². The van der Waals surface area contributed by atoms with E-state index in [2.05, 4.69) is 13.8 Å². The third-order valence-corrected chi connectivity index (χ3v) is 7.08. The normalized spacial score (nSPS) is 11.0. The number of carbonyl (C=O) groups excluding carboxylic acids is 1. The maximum absolute atomic E-state index is 13.1. The molecule has 0 spiro atoms. The Bertz CT molecular complexity index is 1060. The van der Waals surface area contributed by atoms with Gasteiger partial charge in [-0.25, -0.2) is 9.59 Å². The molecule has 0 saturated heterocycles. The first-order valence-electron chi connectivity index (χ1n) is 14.6. The van der Waals surface area contributed by atoms with Gasteiger partial charge in [0.05, 0.1) is 0 Å². The van der Waals surface area contributed by atoms with Crippen LogP contribution in [-0.2, 0) is 12.8 Å². The van der Waals surface area contributed by atoms with Gasteiger partial charge in [0.2, 0.25) is 0 Å². The Hall–Kier alpha value is -3.22. The molecule has 0 aliphatic rings. The van der Waals surface area contributed by atoms with Gasteiger partial charge in [-0.1, -0.05) is 90.9 Å². The van der Waals surface area contributed by atoms with Crippen LogP contribution < -0.4 is 4.74 Å². The van der Waals surface area contributed by atoms with Crippen LogP contribution in [0, 0.1) is 0 Å². The number of unbranched alkanes of at least 4 members (excludes halogenated alkanes) is 12. The van der Waals surface area contributed by atoms with Crippen LogP contribution in [0.2, 0.25) is 0 Å². The number of aromatic carboxylic acids is 1. The molecule has 0 bridgehead atoms. The second kappa shape index (κ2) is 17.4. The molecular weight excluding hydrogens is 496 g/mol. The summed E-state index contributed by atoms with van der Waals surface area (Å²) in [6.45, 7) is 4.34. The van der Waals surface area contributed by atoms with Gasteiger partial charge in [0.25, 0.3) is 0 Å². The number of carboxylic acid groups (broad SMARTS) is 1. The fourth-order valence-electron chi connectivity index (χ4n) is 4.97. The summed E-state index contributed by atoms with van der Waals surface area (Å²) in [7, 11) is 0. The highest BCUT2D eigenvalue weighted by molar-refractivity contribution is 5.96. The van der Waals surface area contributed by atoms with Crippen molar-refractivity contribution in [3.8, 4) is 23.0 Å². The predicted octanol–water partition coefficient (Wildman–Crippen LogP) is 8.31. The van der Waals surface area contributed by atoms with Crippen LogP contribution in [-0.4, -0.2) is 32.4 Å².